The lowest BCUT2D eigenvalue weighted by Crippen LogP contribution is -2.07. The Kier molecular flexibility index (Phi) is 4.03. The van der Waals surface area contributed by atoms with Crippen LogP contribution in [-0.4, -0.2) is 25.0 Å². The molecule has 0 saturated carbocycles. The highest BCUT2D eigenvalue weighted by Crippen LogP contribution is 2.30. The molecule has 4 heteroatoms. The molecule has 0 aliphatic carbocycles. The minimum Gasteiger partial charge on any atom is -0.496 e. The maximum Gasteiger partial charge on any atom is 0.200 e. The van der Waals surface area contributed by atoms with Gasteiger partial charge in [-0.2, -0.15) is 0 Å². The van der Waals surface area contributed by atoms with Gasteiger partial charge in [-0.15, -0.1) is 0 Å². The number of nitrogens with zero attached hydrogens (tertiary/aromatic N) is 1. The fourth-order valence-corrected chi connectivity index (χ4v) is 2.11. The largest absolute Gasteiger partial charge is 0.496 e. The molecule has 0 bridgehead atoms. The van der Waals surface area contributed by atoms with Gasteiger partial charge < -0.3 is 9.47 Å². The van der Waals surface area contributed by atoms with Crippen LogP contribution in [-0.2, 0) is 0 Å². The van der Waals surface area contributed by atoms with Crippen molar-refractivity contribution in [2.45, 2.75) is 13.8 Å². The van der Waals surface area contributed by atoms with Crippen molar-refractivity contribution in [2.24, 2.45) is 0 Å². The molecule has 0 atom stereocenters. The predicted octanol–water partition coefficient (Wildman–Crippen LogP) is 2.95. The van der Waals surface area contributed by atoms with Gasteiger partial charge in [-0.3, -0.25) is 9.78 Å². The minimum atomic E-state index is -0.135. The Balaban J connectivity index is 2.57. The highest BCUT2D eigenvalue weighted by molar-refractivity contribution is 6.12. The number of hydrogen-bond acceptors (Lipinski definition) is 4. The van der Waals surface area contributed by atoms with Crippen molar-refractivity contribution in [3.8, 4) is 11.5 Å². The third-order valence-electron chi connectivity index (χ3n) is 3.37. The second kappa shape index (κ2) is 5.74. The van der Waals surface area contributed by atoms with Crippen LogP contribution in [0, 0.1) is 13.8 Å². The van der Waals surface area contributed by atoms with E-state index in [1.165, 1.54) is 13.3 Å². The smallest absolute Gasteiger partial charge is 0.200 e. The first kappa shape index (κ1) is 14.1. The van der Waals surface area contributed by atoms with Crippen LogP contribution in [0.3, 0.4) is 0 Å². The molecule has 0 aliphatic rings. The number of methoxy groups -OCH3 is 2. The van der Waals surface area contributed by atoms with Gasteiger partial charge in [0.05, 0.1) is 31.5 Å². The summed E-state index contributed by atoms with van der Waals surface area (Å²) >= 11 is 0. The fourth-order valence-electron chi connectivity index (χ4n) is 2.11. The van der Waals surface area contributed by atoms with E-state index >= 15 is 0 Å². The Morgan fingerprint density at radius 3 is 2.45 bits per heavy atom. The average molecular weight is 271 g/mol. The first-order valence-corrected chi connectivity index (χ1v) is 6.27. The van der Waals surface area contributed by atoms with E-state index in [9.17, 15) is 4.79 Å². The summed E-state index contributed by atoms with van der Waals surface area (Å²) in [5.74, 6) is 0.927. The number of pyridine rings is 1. The molecule has 1 aromatic heterocycles. The van der Waals surface area contributed by atoms with Crippen LogP contribution in [0.2, 0.25) is 0 Å². The van der Waals surface area contributed by atoms with Crippen molar-refractivity contribution in [3.05, 3.63) is 52.8 Å². The summed E-state index contributed by atoms with van der Waals surface area (Å²) in [4.78, 5) is 16.6. The Hall–Kier alpha value is -2.36. The molecular formula is C16H17NO3. The molecule has 2 aromatic rings. The van der Waals surface area contributed by atoms with E-state index in [1.54, 1.807) is 25.4 Å². The number of aryl methyl sites for hydroxylation is 1. The molecule has 2 rings (SSSR count). The van der Waals surface area contributed by atoms with E-state index in [0.717, 1.165) is 11.1 Å². The molecule has 1 heterocycles. The van der Waals surface area contributed by atoms with Crippen LogP contribution in [0.25, 0.3) is 0 Å². The number of ketones is 1. The molecule has 20 heavy (non-hydrogen) atoms. The maximum absolute atomic E-state index is 12.7. The van der Waals surface area contributed by atoms with Gasteiger partial charge in [-0.05, 0) is 37.1 Å². The van der Waals surface area contributed by atoms with Crippen LogP contribution in [0.1, 0.15) is 27.0 Å². The molecule has 0 unspecified atom stereocenters. The molecular weight excluding hydrogens is 254 g/mol. The standard InChI is InChI=1S/C16H17NO3/c1-10-5-6-13(16(20-4)11(10)2)15(18)12-7-8-17-9-14(12)19-3/h5-9H,1-4H3. The molecule has 0 amide bonds. The third-order valence-corrected chi connectivity index (χ3v) is 3.37. The van der Waals surface area contributed by atoms with E-state index < -0.39 is 0 Å². The van der Waals surface area contributed by atoms with Crippen LogP contribution in [0.4, 0.5) is 0 Å². The SMILES string of the molecule is COc1cnccc1C(=O)c1ccc(C)c(C)c1OC. The summed E-state index contributed by atoms with van der Waals surface area (Å²) in [7, 11) is 3.09. The zero-order chi connectivity index (χ0) is 14.7. The highest BCUT2D eigenvalue weighted by Gasteiger charge is 2.20. The summed E-state index contributed by atoms with van der Waals surface area (Å²) in [6.45, 7) is 3.92. The van der Waals surface area contributed by atoms with Gasteiger partial charge in [0.1, 0.15) is 11.5 Å². The molecule has 104 valence electrons. The highest BCUT2D eigenvalue weighted by atomic mass is 16.5. The van der Waals surface area contributed by atoms with Crippen molar-refractivity contribution in [1.29, 1.82) is 0 Å². The summed E-state index contributed by atoms with van der Waals surface area (Å²) in [5, 5.41) is 0. The van der Waals surface area contributed by atoms with Crippen LogP contribution in [0.15, 0.2) is 30.6 Å². The van der Waals surface area contributed by atoms with E-state index in [4.69, 9.17) is 9.47 Å². The molecule has 0 saturated heterocycles. The topological polar surface area (TPSA) is 48.4 Å². The van der Waals surface area contributed by atoms with Crippen LogP contribution >= 0.6 is 0 Å². The fraction of sp³-hybridized carbons (Fsp3) is 0.250. The predicted molar refractivity (Wildman–Crippen MR) is 76.7 cm³/mol. The summed E-state index contributed by atoms with van der Waals surface area (Å²) < 4.78 is 10.6. The van der Waals surface area contributed by atoms with Crippen molar-refractivity contribution in [2.75, 3.05) is 14.2 Å². The van der Waals surface area contributed by atoms with Gasteiger partial charge in [0.25, 0.3) is 0 Å². The van der Waals surface area contributed by atoms with E-state index in [1.807, 2.05) is 19.9 Å². The average Bonchev–Trinajstić information content (AvgIpc) is 2.49. The Labute approximate surface area is 118 Å². The van der Waals surface area contributed by atoms with Crippen molar-refractivity contribution < 1.29 is 14.3 Å². The van der Waals surface area contributed by atoms with Crippen LogP contribution < -0.4 is 9.47 Å². The third kappa shape index (κ3) is 2.37. The van der Waals surface area contributed by atoms with Gasteiger partial charge >= 0.3 is 0 Å². The van der Waals surface area contributed by atoms with E-state index in [0.29, 0.717) is 22.6 Å². The number of ether oxygens (including phenoxy) is 2. The van der Waals surface area contributed by atoms with Gasteiger partial charge in [0.2, 0.25) is 5.78 Å². The van der Waals surface area contributed by atoms with E-state index in [2.05, 4.69) is 4.98 Å². The molecule has 1 aromatic carbocycles. The zero-order valence-corrected chi connectivity index (χ0v) is 12.1. The number of carbonyl (C=O) groups is 1. The Morgan fingerprint density at radius 2 is 1.80 bits per heavy atom. The molecule has 4 nitrogen and oxygen atoms in total. The number of aromatic nitrogens is 1. The van der Waals surface area contributed by atoms with Crippen molar-refractivity contribution in [3.63, 3.8) is 0 Å². The molecule has 0 fully saturated rings. The van der Waals surface area contributed by atoms with Gasteiger partial charge in [-0.1, -0.05) is 6.07 Å². The number of carbonyl (C=O) groups excluding carboxylic acids is 1. The maximum atomic E-state index is 12.7. The van der Waals surface area contributed by atoms with Crippen LogP contribution in [0.5, 0.6) is 11.5 Å². The zero-order valence-electron chi connectivity index (χ0n) is 12.1. The lowest BCUT2D eigenvalue weighted by molar-refractivity contribution is 0.103. The molecule has 0 radical (unpaired) electrons. The quantitative estimate of drug-likeness (QED) is 0.802. The number of rotatable bonds is 4. The molecule has 0 spiro atoms. The number of hydrogen-bond donors (Lipinski definition) is 0. The van der Waals surface area contributed by atoms with Gasteiger partial charge in [0, 0.05) is 6.20 Å². The second-order valence-corrected chi connectivity index (χ2v) is 4.49. The summed E-state index contributed by atoms with van der Waals surface area (Å²) in [6, 6.07) is 5.35. The van der Waals surface area contributed by atoms with E-state index in [-0.39, 0.29) is 5.78 Å². The first-order valence-electron chi connectivity index (χ1n) is 6.27. The van der Waals surface area contributed by atoms with Crippen molar-refractivity contribution >= 4 is 5.78 Å². The Bertz CT molecular complexity index is 650. The summed E-state index contributed by atoms with van der Waals surface area (Å²) in [5.41, 5.74) is 3.05. The summed E-state index contributed by atoms with van der Waals surface area (Å²) in [6.07, 6.45) is 3.10. The Morgan fingerprint density at radius 1 is 1.05 bits per heavy atom. The first-order chi connectivity index (χ1) is 9.60. The lowest BCUT2D eigenvalue weighted by atomic mass is 9.98. The lowest BCUT2D eigenvalue weighted by Gasteiger charge is -2.13. The van der Waals surface area contributed by atoms with Gasteiger partial charge in [0.15, 0.2) is 0 Å². The van der Waals surface area contributed by atoms with Gasteiger partial charge in [-0.25, -0.2) is 0 Å². The monoisotopic (exact) mass is 271 g/mol. The minimum absolute atomic E-state index is 0.135. The number of benzene rings is 1. The normalized spacial score (nSPS) is 10.2. The molecule has 0 N–H and O–H groups in total. The second-order valence-electron chi connectivity index (χ2n) is 4.49. The van der Waals surface area contributed by atoms with Crippen molar-refractivity contribution in [1.82, 2.24) is 4.98 Å². The molecule has 0 aliphatic heterocycles.